The van der Waals surface area contributed by atoms with Crippen LogP contribution in [0.2, 0.25) is 0 Å². The first-order valence-corrected chi connectivity index (χ1v) is 21.3. The zero-order valence-corrected chi connectivity index (χ0v) is 33.7. The lowest BCUT2D eigenvalue weighted by Gasteiger charge is -2.43. The van der Waals surface area contributed by atoms with Gasteiger partial charge in [0.25, 0.3) is 0 Å². The lowest BCUT2D eigenvalue weighted by atomic mass is 10.2. The van der Waals surface area contributed by atoms with Crippen LogP contribution < -0.4 is 27.8 Å². The molecule has 276 valence electrons. The van der Waals surface area contributed by atoms with Gasteiger partial charge in [0, 0.05) is 9.21 Å². The maximum atomic E-state index is 7.04. The van der Waals surface area contributed by atoms with E-state index in [9.17, 15) is 0 Å². The largest absolute Gasteiger partial charge is 0.447 e. The third-order valence-electron chi connectivity index (χ3n) is 8.17. The minimum atomic E-state index is -3.78. The Morgan fingerprint density at radius 1 is 0.389 bits per heavy atom. The smallest absolute Gasteiger partial charge is 0.440 e. The topological polar surface area (TPSA) is 74.2 Å². The zero-order valence-electron chi connectivity index (χ0n) is 31.0. The number of hydrogen-bond donors (Lipinski definition) is 0. The molecule has 6 aromatic rings. The van der Waals surface area contributed by atoms with Crippen molar-refractivity contribution in [3.8, 4) is 34.5 Å². The molecule has 0 N–H and O–H groups in total. The van der Waals surface area contributed by atoms with Crippen molar-refractivity contribution in [2.75, 3.05) is 0 Å². The van der Waals surface area contributed by atoms with Crippen LogP contribution in [0, 0.1) is 41.5 Å². The van der Waals surface area contributed by atoms with E-state index < -0.39 is 24.6 Å². The summed E-state index contributed by atoms with van der Waals surface area (Å²) in [6, 6.07) is 46.7. The lowest BCUT2D eigenvalue weighted by molar-refractivity contribution is 0.0545. The number of hydrogen-bond acceptors (Lipinski definition) is 9. The molecule has 0 spiro atoms. The number of benzene rings is 6. The van der Waals surface area contributed by atoms with Crippen LogP contribution in [0.4, 0.5) is 0 Å². The third kappa shape index (κ3) is 9.25. The van der Waals surface area contributed by atoms with Crippen LogP contribution in [0.1, 0.15) is 33.4 Å². The second-order valence-electron chi connectivity index (χ2n) is 13.0. The standard InChI is InChI=1S/C42H42N3O6P3/c1-31-7-19-37(20-8-31)46-44-52(48-39-23-11-33(3)12-24-39)43-54(50-41-27-15-35(5)16-28-41,51-42-29-17-36(6)18-30-42)45(47-38-21-9-32(2)10-22-38)53(44)49-40-25-13-34(4)14-26-40/h7-30H,1-6H3. The molecule has 0 radical (unpaired) electrons. The maximum Gasteiger partial charge on any atom is 0.447 e. The van der Waals surface area contributed by atoms with Crippen molar-refractivity contribution in [3.63, 3.8) is 0 Å². The predicted octanol–water partition coefficient (Wildman–Crippen LogP) is 13.2. The predicted molar refractivity (Wildman–Crippen MR) is 218 cm³/mol. The molecule has 0 saturated heterocycles. The van der Waals surface area contributed by atoms with Gasteiger partial charge in [-0.1, -0.05) is 106 Å². The van der Waals surface area contributed by atoms with Crippen molar-refractivity contribution < 1.29 is 27.8 Å². The SMILES string of the molecule is Cc1ccc(ON2P(Oc3ccc(C)cc3)N=P(Oc3ccc(C)cc3)(Oc3ccc(C)cc3)N(Oc3ccc(C)cc3)P2Oc2ccc(C)cc2)cc1. The number of nitrogens with zero attached hydrogens (tertiary/aromatic N) is 3. The second-order valence-corrected chi connectivity index (χ2v) is 18.5. The fraction of sp³-hybridized carbons (Fsp3) is 0.143. The second kappa shape index (κ2) is 16.7. The molecule has 1 aliphatic rings. The van der Waals surface area contributed by atoms with E-state index in [0.29, 0.717) is 34.5 Å². The first-order chi connectivity index (χ1) is 26.1. The van der Waals surface area contributed by atoms with Crippen molar-refractivity contribution in [1.29, 1.82) is 0 Å². The van der Waals surface area contributed by atoms with Gasteiger partial charge in [0.15, 0.2) is 0 Å². The Kier molecular flexibility index (Phi) is 11.5. The van der Waals surface area contributed by atoms with E-state index in [4.69, 9.17) is 32.3 Å². The lowest BCUT2D eigenvalue weighted by Crippen LogP contribution is -2.37. The number of aryl methyl sites for hydroxylation is 6. The molecule has 1 aliphatic heterocycles. The summed E-state index contributed by atoms with van der Waals surface area (Å²) in [6.45, 7) is 12.2. The molecule has 12 heteroatoms. The highest BCUT2D eigenvalue weighted by molar-refractivity contribution is 7.78. The van der Waals surface area contributed by atoms with Gasteiger partial charge in [0.05, 0.1) is 0 Å². The molecule has 0 bridgehead atoms. The molecule has 0 amide bonds. The van der Waals surface area contributed by atoms with Crippen LogP contribution in [-0.2, 0) is 0 Å². The van der Waals surface area contributed by atoms with E-state index in [1.807, 2.05) is 187 Å². The zero-order chi connectivity index (χ0) is 37.7. The Labute approximate surface area is 320 Å². The Balaban J connectivity index is 1.48. The molecule has 2 unspecified atom stereocenters. The van der Waals surface area contributed by atoms with E-state index in [1.54, 1.807) is 9.21 Å². The van der Waals surface area contributed by atoms with Gasteiger partial charge in [-0.2, -0.15) is 0 Å². The van der Waals surface area contributed by atoms with Crippen LogP contribution in [-0.4, -0.2) is 9.21 Å². The minimum Gasteiger partial charge on any atom is -0.440 e. The van der Waals surface area contributed by atoms with Crippen molar-refractivity contribution in [2.24, 2.45) is 4.52 Å². The Hall–Kier alpha value is -4.87. The van der Waals surface area contributed by atoms with Gasteiger partial charge in [-0.15, -0.1) is 4.52 Å². The van der Waals surface area contributed by atoms with Crippen molar-refractivity contribution in [3.05, 3.63) is 179 Å². The Morgan fingerprint density at radius 2 is 0.704 bits per heavy atom. The number of rotatable bonds is 12. The van der Waals surface area contributed by atoms with Crippen molar-refractivity contribution in [2.45, 2.75) is 41.5 Å². The van der Waals surface area contributed by atoms with Crippen molar-refractivity contribution >= 4 is 24.6 Å². The van der Waals surface area contributed by atoms with E-state index >= 15 is 0 Å². The first-order valence-electron chi connectivity index (χ1n) is 17.4. The van der Waals surface area contributed by atoms with E-state index in [2.05, 4.69) is 0 Å². The molecule has 2 atom stereocenters. The van der Waals surface area contributed by atoms with E-state index in [-0.39, 0.29) is 0 Å². The van der Waals surface area contributed by atoms with Gasteiger partial charge in [-0.3, -0.25) is 0 Å². The monoisotopic (exact) mass is 777 g/mol. The molecule has 54 heavy (non-hydrogen) atoms. The Bertz CT molecular complexity index is 2150. The minimum absolute atomic E-state index is 0.529. The summed E-state index contributed by atoms with van der Waals surface area (Å²) in [6.07, 6.45) is 0. The van der Waals surface area contributed by atoms with Crippen molar-refractivity contribution in [1.82, 2.24) is 9.21 Å². The normalized spacial score (nSPS) is 16.9. The highest BCUT2D eigenvalue weighted by Gasteiger charge is 2.58. The molecule has 0 aliphatic carbocycles. The van der Waals surface area contributed by atoms with Crippen LogP contribution in [0.3, 0.4) is 0 Å². The van der Waals surface area contributed by atoms with E-state index in [1.165, 1.54) is 0 Å². The third-order valence-corrected chi connectivity index (χ3v) is 15.0. The molecule has 0 aromatic heterocycles. The molecular formula is C42H42N3O6P3. The van der Waals surface area contributed by atoms with Gasteiger partial charge in [-0.05, 0) is 114 Å². The average Bonchev–Trinajstić information content (AvgIpc) is 3.16. The van der Waals surface area contributed by atoms with Crippen LogP contribution in [0.25, 0.3) is 0 Å². The first kappa shape index (κ1) is 37.4. The highest BCUT2D eigenvalue weighted by Crippen LogP contribution is 2.77. The summed E-state index contributed by atoms with van der Waals surface area (Å²) < 4.78 is 36.6. The van der Waals surface area contributed by atoms with Gasteiger partial charge >= 0.3 is 24.6 Å². The molecule has 9 nitrogen and oxygen atoms in total. The molecule has 1 heterocycles. The molecule has 6 aromatic carbocycles. The van der Waals surface area contributed by atoms with Gasteiger partial charge < -0.3 is 27.8 Å². The summed E-state index contributed by atoms with van der Waals surface area (Å²) >= 11 is 0. The van der Waals surface area contributed by atoms with Crippen LogP contribution >= 0.6 is 24.6 Å². The summed E-state index contributed by atoms with van der Waals surface area (Å²) in [4.78, 5) is 13.7. The summed E-state index contributed by atoms with van der Waals surface area (Å²) in [5.74, 6) is 3.33. The molecule has 7 rings (SSSR count). The maximum absolute atomic E-state index is 7.04. The molecular weight excluding hydrogens is 735 g/mol. The van der Waals surface area contributed by atoms with Gasteiger partial charge in [0.1, 0.15) is 34.5 Å². The molecule has 0 fully saturated rings. The van der Waals surface area contributed by atoms with Crippen LogP contribution in [0.5, 0.6) is 34.5 Å². The summed E-state index contributed by atoms with van der Waals surface area (Å²) in [5.41, 5.74) is 6.51. The fourth-order valence-corrected chi connectivity index (χ4v) is 12.5. The van der Waals surface area contributed by atoms with Gasteiger partial charge in [-0.25, -0.2) is 0 Å². The molecule has 0 saturated carbocycles. The van der Waals surface area contributed by atoms with Gasteiger partial charge in [0.2, 0.25) is 0 Å². The van der Waals surface area contributed by atoms with Crippen LogP contribution in [0.15, 0.2) is 150 Å². The quantitative estimate of drug-likeness (QED) is 0.114. The average molecular weight is 778 g/mol. The summed E-state index contributed by atoms with van der Waals surface area (Å²) in [7, 11) is -8.01. The fourth-order valence-electron chi connectivity index (χ4n) is 5.04. The Morgan fingerprint density at radius 3 is 1.09 bits per heavy atom. The highest BCUT2D eigenvalue weighted by atomic mass is 31.3. The van der Waals surface area contributed by atoms with E-state index in [0.717, 1.165) is 33.4 Å². The summed E-state index contributed by atoms with van der Waals surface area (Å²) in [5, 5.41) is 0.